The van der Waals surface area contributed by atoms with E-state index in [-0.39, 0.29) is 11.3 Å². The Hall–Kier alpha value is -4.78. The summed E-state index contributed by atoms with van der Waals surface area (Å²) in [5, 5.41) is 8.73. The zero-order valence-corrected chi connectivity index (χ0v) is 19.9. The van der Waals surface area contributed by atoms with Crippen LogP contribution in [-0.2, 0) is 4.79 Å². The smallest absolute Gasteiger partial charge is 0.287 e. The van der Waals surface area contributed by atoms with Crippen molar-refractivity contribution in [2.75, 3.05) is 19.0 Å². The van der Waals surface area contributed by atoms with Crippen molar-refractivity contribution in [2.45, 2.75) is 0 Å². The highest BCUT2D eigenvalue weighted by Gasteiger charge is 2.15. The van der Waals surface area contributed by atoms with Crippen LogP contribution in [0.15, 0.2) is 102 Å². The second-order valence-corrected chi connectivity index (χ2v) is 8.28. The van der Waals surface area contributed by atoms with Gasteiger partial charge in [-0.15, -0.1) is 0 Å². The van der Waals surface area contributed by atoms with Crippen molar-refractivity contribution in [3.05, 3.63) is 119 Å². The van der Waals surface area contributed by atoms with Crippen LogP contribution in [-0.4, -0.2) is 32.1 Å². The number of fused-ring (bicyclic) bond motifs is 1. The summed E-state index contributed by atoms with van der Waals surface area (Å²) < 4.78 is 13.6. The van der Waals surface area contributed by atoms with Crippen LogP contribution in [0.3, 0.4) is 0 Å². The van der Waals surface area contributed by atoms with E-state index in [1.165, 1.54) is 18.2 Å². The van der Waals surface area contributed by atoms with E-state index < -0.39 is 17.6 Å². The van der Waals surface area contributed by atoms with Gasteiger partial charge < -0.3 is 10.2 Å². The molecule has 0 radical (unpaired) electrons. The number of anilines is 1. The number of halogens is 1. The molecule has 0 aromatic heterocycles. The standard InChI is InChI=1S/C29H25FN4O2/c1-34(2)25-15-13-20(14-16-25)17-27(32-28(35)22-9-6-11-24(30)18-22)29(36)33-31-19-23-10-5-8-21-7-3-4-12-26(21)23/h3-19H,1-2H3,(H,32,35)(H,33,36). The van der Waals surface area contributed by atoms with Crippen LogP contribution < -0.4 is 15.6 Å². The molecule has 0 aliphatic carbocycles. The third-order valence-corrected chi connectivity index (χ3v) is 5.49. The Morgan fingerprint density at radius 3 is 2.36 bits per heavy atom. The van der Waals surface area contributed by atoms with Crippen LogP contribution >= 0.6 is 0 Å². The number of nitrogens with zero attached hydrogens (tertiary/aromatic N) is 2. The minimum Gasteiger partial charge on any atom is -0.378 e. The lowest BCUT2D eigenvalue weighted by atomic mass is 10.1. The van der Waals surface area contributed by atoms with Crippen LogP contribution in [0, 0.1) is 5.82 Å². The van der Waals surface area contributed by atoms with Gasteiger partial charge in [-0.25, -0.2) is 9.82 Å². The molecule has 0 heterocycles. The van der Waals surface area contributed by atoms with E-state index in [9.17, 15) is 14.0 Å². The molecule has 36 heavy (non-hydrogen) atoms. The van der Waals surface area contributed by atoms with E-state index in [1.807, 2.05) is 85.7 Å². The lowest BCUT2D eigenvalue weighted by molar-refractivity contribution is -0.117. The normalized spacial score (nSPS) is 11.5. The molecule has 2 N–H and O–H groups in total. The first-order chi connectivity index (χ1) is 17.4. The molecule has 0 fully saturated rings. The molecule has 180 valence electrons. The maximum absolute atomic E-state index is 13.6. The number of nitrogens with one attached hydrogen (secondary N) is 2. The third kappa shape index (κ3) is 6.01. The van der Waals surface area contributed by atoms with E-state index in [0.717, 1.165) is 28.1 Å². The second-order valence-electron chi connectivity index (χ2n) is 8.28. The molecule has 4 aromatic rings. The van der Waals surface area contributed by atoms with Crippen molar-refractivity contribution < 1.29 is 14.0 Å². The number of hydrogen-bond donors (Lipinski definition) is 2. The maximum atomic E-state index is 13.6. The third-order valence-electron chi connectivity index (χ3n) is 5.49. The second kappa shape index (κ2) is 11.1. The molecule has 2 amide bonds. The summed E-state index contributed by atoms with van der Waals surface area (Å²) in [6.45, 7) is 0. The van der Waals surface area contributed by atoms with E-state index in [2.05, 4.69) is 15.8 Å². The molecule has 0 aliphatic rings. The van der Waals surface area contributed by atoms with Crippen LogP contribution in [0.25, 0.3) is 16.8 Å². The molecule has 0 atom stereocenters. The minimum absolute atomic E-state index is 0.0306. The van der Waals surface area contributed by atoms with Crippen LogP contribution in [0.1, 0.15) is 21.5 Å². The summed E-state index contributed by atoms with van der Waals surface area (Å²) >= 11 is 0. The van der Waals surface area contributed by atoms with Gasteiger partial charge in [-0.05, 0) is 52.7 Å². The van der Waals surface area contributed by atoms with Crippen LogP contribution in [0.4, 0.5) is 10.1 Å². The van der Waals surface area contributed by atoms with Gasteiger partial charge in [0.15, 0.2) is 0 Å². The summed E-state index contributed by atoms with van der Waals surface area (Å²) in [5.74, 6) is -1.77. The van der Waals surface area contributed by atoms with Crippen molar-refractivity contribution in [1.82, 2.24) is 10.7 Å². The van der Waals surface area contributed by atoms with E-state index in [4.69, 9.17) is 0 Å². The summed E-state index contributed by atoms with van der Waals surface area (Å²) in [5.41, 5.74) is 5.06. The Bertz CT molecular complexity index is 1450. The van der Waals surface area contributed by atoms with Crippen molar-refractivity contribution in [2.24, 2.45) is 5.10 Å². The fourth-order valence-electron chi connectivity index (χ4n) is 3.60. The molecule has 0 spiro atoms. The summed E-state index contributed by atoms with van der Waals surface area (Å²) in [7, 11) is 3.85. The molecule has 6 nitrogen and oxygen atoms in total. The number of rotatable bonds is 7. The average molecular weight is 481 g/mol. The molecule has 0 saturated carbocycles. The van der Waals surface area contributed by atoms with Crippen molar-refractivity contribution in [3.63, 3.8) is 0 Å². The zero-order valence-electron chi connectivity index (χ0n) is 19.9. The number of hydrazone groups is 1. The topological polar surface area (TPSA) is 73.8 Å². The van der Waals surface area contributed by atoms with Crippen molar-refractivity contribution in [3.8, 4) is 0 Å². The first-order valence-corrected chi connectivity index (χ1v) is 11.3. The van der Waals surface area contributed by atoms with Gasteiger partial charge in [-0.2, -0.15) is 5.10 Å². The Morgan fingerprint density at radius 2 is 1.61 bits per heavy atom. The molecule has 0 saturated heterocycles. The highest BCUT2D eigenvalue weighted by Crippen LogP contribution is 2.17. The number of hydrogen-bond acceptors (Lipinski definition) is 4. The van der Waals surface area contributed by atoms with Gasteiger partial charge in [0.25, 0.3) is 11.8 Å². The average Bonchev–Trinajstić information content (AvgIpc) is 2.88. The summed E-state index contributed by atoms with van der Waals surface area (Å²) in [6, 6.07) is 26.4. The van der Waals surface area contributed by atoms with Crippen LogP contribution in [0.5, 0.6) is 0 Å². The SMILES string of the molecule is CN(C)c1ccc(C=C(NC(=O)c2cccc(F)c2)C(=O)NN=Cc2cccc3ccccc23)cc1. The number of carbonyl (C=O) groups is 2. The highest BCUT2D eigenvalue weighted by atomic mass is 19.1. The largest absolute Gasteiger partial charge is 0.378 e. The zero-order chi connectivity index (χ0) is 25.5. The number of amides is 2. The first kappa shape index (κ1) is 24.3. The lowest BCUT2D eigenvalue weighted by Crippen LogP contribution is -2.32. The monoisotopic (exact) mass is 480 g/mol. The molecule has 4 aromatic carbocycles. The molecule has 7 heteroatoms. The Balaban J connectivity index is 1.58. The Labute approximate surface area is 208 Å². The highest BCUT2D eigenvalue weighted by molar-refractivity contribution is 6.06. The molecular formula is C29H25FN4O2. The van der Waals surface area contributed by atoms with Gasteiger partial charge in [0.05, 0.1) is 6.21 Å². The lowest BCUT2D eigenvalue weighted by Gasteiger charge is -2.13. The summed E-state index contributed by atoms with van der Waals surface area (Å²) in [6.07, 6.45) is 3.09. The van der Waals surface area contributed by atoms with Gasteiger partial charge in [0, 0.05) is 30.9 Å². The van der Waals surface area contributed by atoms with Gasteiger partial charge >= 0.3 is 0 Å². The van der Waals surface area contributed by atoms with Crippen molar-refractivity contribution in [1.29, 1.82) is 0 Å². The Kier molecular flexibility index (Phi) is 7.51. The predicted octanol–water partition coefficient (Wildman–Crippen LogP) is 4.97. The van der Waals surface area contributed by atoms with E-state index in [0.29, 0.717) is 5.56 Å². The van der Waals surface area contributed by atoms with Gasteiger partial charge in [-0.3, -0.25) is 9.59 Å². The van der Waals surface area contributed by atoms with Crippen LogP contribution in [0.2, 0.25) is 0 Å². The van der Waals surface area contributed by atoms with Gasteiger partial charge in [-0.1, -0.05) is 60.7 Å². The fourth-order valence-corrected chi connectivity index (χ4v) is 3.60. The molecule has 0 unspecified atom stereocenters. The van der Waals surface area contributed by atoms with Gasteiger partial charge in [0.2, 0.25) is 0 Å². The molecule has 0 aliphatic heterocycles. The minimum atomic E-state index is -0.618. The number of benzene rings is 4. The predicted molar refractivity (Wildman–Crippen MR) is 142 cm³/mol. The quantitative estimate of drug-likeness (QED) is 0.223. The number of carbonyl (C=O) groups excluding carboxylic acids is 2. The van der Waals surface area contributed by atoms with E-state index in [1.54, 1.807) is 12.3 Å². The molecule has 4 rings (SSSR count). The first-order valence-electron chi connectivity index (χ1n) is 11.3. The maximum Gasteiger partial charge on any atom is 0.287 e. The summed E-state index contributed by atoms with van der Waals surface area (Å²) in [4.78, 5) is 27.7. The van der Waals surface area contributed by atoms with Crippen molar-refractivity contribution >= 4 is 40.6 Å². The fraction of sp³-hybridized carbons (Fsp3) is 0.0690. The van der Waals surface area contributed by atoms with E-state index >= 15 is 0 Å². The van der Waals surface area contributed by atoms with Gasteiger partial charge in [0.1, 0.15) is 11.5 Å². The molecule has 0 bridgehead atoms. The molecular weight excluding hydrogens is 455 g/mol. The Morgan fingerprint density at radius 1 is 0.889 bits per heavy atom.